The monoisotopic (exact) mass is 265 g/mol. The zero-order valence-electron chi connectivity index (χ0n) is 11.7. The molecule has 0 radical (unpaired) electrons. The first kappa shape index (κ1) is 15.5. The minimum absolute atomic E-state index is 0.198. The van der Waals surface area contributed by atoms with Crippen LogP contribution in [0.4, 0.5) is 0 Å². The Morgan fingerprint density at radius 1 is 1.26 bits per heavy atom. The van der Waals surface area contributed by atoms with Crippen molar-refractivity contribution in [2.45, 2.75) is 39.2 Å². The number of unbranched alkanes of at least 4 members (excludes halogenated alkanes) is 1. The Kier molecular flexibility index (Phi) is 6.97. The van der Waals surface area contributed by atoms with Crippen molar-refractivity contribution >= 4 is 5.97 Å². The summed E-state index contributed by atoms with van der Waals surface area (Å²) in [5.41, 5.74) is 6.87. The standard InChI is InChI=1S/C15H23NO3/c1-3-5-10-19-13-8-6-12(7-9-13)14(16)11-15(17)18-4-2/h6-9,14H,3-5,10-11,16H2,1-2H3/t14-/m1/s1. The van der Waals surface area contributed by atoms with E-state index in [4.69, 9.17) is 15.2 Å². The zero-order valence-corrected chi connectivity index (χ0v) is 11.7. The first-order valence-corrected chi connectivity index (χ1v) is 6.81. The van der Waals surface area contributed by atoms with Crippen LogP contribution >= 0.6 is 0 Å². The molecule has 4 heteroatoms. The van der Waals surface area contributed by atoms with Gasteiger partial charge in [-0.2, -0.15) is 0 Å². The molecule has 1 aromatic carbocycles. The molecule has 0 heterocycles. The Bertz CT molecular complexity index is 375. The van der Waals surface area contributed by atoms with E-state index >= 15 is 0 Å². The average molecular weight is 265 g/mol. The molecular formula is C15H23NO3. The Morgan fingerprint density at radius 2 is 1.95 bits per heavy atom. The third-order valence-electron chi connectivity index (χ3n) is 2.77. The van der Waals surface area contributed by atoms with Crippen LogP contribution in [-0.2, 0) is 9.53 Å². The van der Waals surface area contributed by atoms with Gasteiger partial charge >= 0.3 is 5.97 Å². The highest BCUT2D eigenvalue weighted by Crippen LogP contribution is 2.19. The van der Waals surface area contributed by atoms with Gasteiger partial charge in [-0.3, -0.25) is 4.79 Å². The molecule has 0 bridgehead atoms. The fourth-order valence-electron chi connectivity index (χ4n) is 1.66. The Balaban J connectivity index is 2.48. The molecule has 0 fully saturated rings. The van der Waals surface area contributed by atoms with E-state index < -0.39 is 0 Å². The summed E-state index contributed by atoms with van der Waals surface area (Å²) in [5.74, 6) is 0.568. The number of hydrogen-bond acceptors (Lipinski definition) is 4. The average Bonchev–Trinajstić information content (AvgIpc) is 2.40. The van der Waals surface area contributed by atoms with Crippen molar-refractivity contribution in [1.82, 2.24) is 0 Å². The molecule has 0 aliphatic rings. The molecule has 0 aliphatic heterocycles. The summed E-state index contributed by atoms with van der Waals surface area (Å²) in [5, 5.41) is 0. The van der Waals surface area contributed by atoms with Gasteiger partial charge in [0, 0.05) is 6.04 Å². The maximum atomic E-state index is 11.3. The lowest BCUT2D eigenvalue weighted by Crippen LogP contribution is -2.17. The van der Waals surface area contributed by atoms with Gasteiger partial charge in [0.15, 0.2) is 0 Å². The van der Waals surface area contributed by atoms with Crippen LogP contribution in [0.2, 0.25) is 0 Å². The number of rotatable bonds is 8. The lowest BCUT2D eigenvalue weighted by Gasteiger charge is -2.12. The third kappa shape index (κ3) is 5.75. The van der Waals surface area contributed by atoms with Gasteiger partial charge in [0.25, 0.3) is 0 Å². The Labute approximate surface area is 114 Å². The second-order valence-electron chi connectivity index (χ2n) is 4.39. The van der Waals surface area contributed by atoms with Crippen molar-refractivity contribution in [2.75, 3.05) is 13.2 Å². The molecule has 0 unspecified atom stereocenters. The fraction of sp³-hybridized carbons (Fsp3) is 0.533. The molecule has 1 atom stereocenters. The van der Waals surface area contributed by atoms with Gasteiger partial charge in [-0.1, -0.05) is 25.5 Å². The molecule has 0 aliphatic carbocycles. The molecule has 0 amide bonds. The van der Waals surface area contributed by atoms with E-state index in [1.54, 1.807) is 6.92 Å². The smallest absolute Gasteiger partial charge is 0.307 e. The Hall–Kier alpha value is -1.55. The second kappa shape index (κ2) is 8.53. The quantitative estimate of drug-likeness (QED) is 0.580. The van der Waals surface area contributed by atoms with Gasteiger partial charge < -0.3 is 15.2 Å². The minimum Gasteiger partial charge on any atom is -0.494 e. The maximum absolute atomic E-state index is 11.3. The number of carbonyl (C=O) groups is 1. The molecule has 0 spiro atoms. The lowest BCUT2D eigenvalue weighted by molar-refractivity contribution is -0.143. The van der Waals surface area contributed by atoms with E-state index in [0.717, 1.165) is 30.8 Å². The molecular weight excluding hydrogens is 242 g/mol. The van der Waals surface area contributed by atoms with Gasteiger partial charge in [0.05, 0.1) is 19.6 Å². The Morgan fingerprint density at radius 3 is 2.53 bits per heavy atom. The van der Waals surface area contributed by atoms with Crippen molar-refractivity contribution < 1.29 is 14.3 Å². The molecule has 19 heavy (non-hydrogen) atoms. The lowest BCUT2D eigenvalue weighted by atomic mass is 10.0. The first-order chi connectivity index (χ1) is 9.17. The highest BCUT2D eigenvalue weighted by atomic mass is 16.5. The van der Waals surface area contributed by atoms with Gasteiger partial charge in [-0.25, -0.2) is 0 Å². The van der Waals surface area contributed by atoms with Crippen LogP contribution in [0.1, 0.15) is 44.7 Å². The molecule has 1 aromatic rings. The fourth-order valence-corrected chi connectivity index (χ4v) is 1.66. The summed E-state index contributed by atoms with van der Waals surface area (Å²) in [6, 6.07) is 7.23. The highest BCUT2D eigenvalue weighted by molar-refractivity contribution is 5.70. The third-order valence-corrected chi connectivity index (χ3v) is 2.77. The zero-order chi connectivity index (χ0) is 14.1. The SMILES string of the molecule is CCCCOc1ccc([C@H](N)CC(=O)OCC)cc1. The number of hydrogen-bond donors (Lipinski definition) is 1. The number of ether oxygens (including phenoxy) is 2. The van der Waals surface area contributed by atoms with Gasteiger partial charge in [-0.05, 0) is 31.0 Å². The van der Waals surface area contributed by atoms with Crippen LogP contribution < -0.4 is 10.5 Å². The predicted octanol–water partition coefficient (Wildman–Crippen LogP) is 2.82. The van der Waals surface area contributed by atoms with E-state index in [9.17, 15) is 4.79 Å². The van der Waals surface area contributed by atoms with Crippen LogP contribution in [0, 0.1) is 0 Å². The van der Waals surface area contributed by atoms with Crippen molar-refractivity contribution in [2.24, 2.45) is 5.73 Å². The van der Waals surface area contributed by atoms with Crippen LogP contribution in [0.5, 0.6) is 5.75 Å². The summed E-state index contributed by atoms with van der Waals surface area (Å²) in [4.78, 5) is 11.3. The minimum atomic E-state index is -0.330. The molecule has 1 rings (SSSR count). The van der Waals surface area contributed by atoms with E-state index in [1.807, 2.05) is 24.3 Å². The van der Waals surface area contributed by atoms with Crippen molar-refractivity contribution in [3.05, 3.63) is 29.8 Å². The largest absolute Gasteiger partial charge is 0.494 e. The first-order valence-electron chi connectivity index (χ1n) is 6.81. The van der Waals surface area contributed by atoms with Crippen LogP contribution in [0.15, 0.2) is 24.3 Å². The summed E-state index contributed by atoms with van der Waals surface area (Å²) in [6.07, 6.45) is 2.36. The summed E-state index contributed by atoms with van der Waals surface area (Å²) in [6.45, 7) is 5.02. The molecule has 0 saturated carbocycles. The van der Waals surface area contributed by atoms with Crippen LogP contribution in [-0.4, -0.2) is 19.2 Å². The van der Waals surface area contributed by atoms with Crippen LogP contribution in [0.25, 0.3) is 0 Å². The number of nitrogens with two attached hydrogens (primary N) is 1. The molecule has 106 valence electrons. The molecule has 0 saturated heterocycles. The number of benzene rings is 1. The predicted molar refractivity (Wildman–Crippen MR) is 75.0 cm³/mol. The van der Waals surface area contributed by atoms with Gasteiger partial charge in [0.1, 0.15) is 5.75 Å². The number of carbonyl (C=O) groups excluding carboxylic acids is 1. The molecule has 2 N–H and O–H groups in total. The van der Waals surface area contributed by atoms with E-state index in [1.165, 1.54) is 0 Å². The van der Waals surface area contributed by atoms with E-state index in [0.29, 0.717) is 6.61 Å². The van der Waals surface area contributed by atoms with Crippen molar-refractivity contribution in [1.29, 1.82) is 0 Å². The molecule has 0 aromatic heterocycles. The second-order valence-corrected chi connectivity index (χ2v) is 4.39. The molecule has 4 nitrogen and oxygen atoms in total. The van der Waals surface area contributed by atoms with E-state index in [-0.39, 0.29) is 18.4 Å². The number of esters is 1. The summed E-state index contributed by atoms with van der Waals surface area (Å²) in [7, 11) is 0. The van der Waals surface area contributed by atoms with Gasteiger partial charge in [-0.15, -0.1) is 0 Å². The topological polar surface area (TPSA) is 61.5 Å². The van der Waals surface area contributed by atoms with Crippen LogP contribution in [0.3, 0.4) is 0 Å². The van der Waals surface area contributed by atoms with Crippen molar-refractivity contribution in [3.63, 3.8) is 0 Å². The maximum Gasteiger partial charge on any atom is 0.307 e. The van der Waals surface area contributed by atoms with E-state index in [2.05, 4.69) is 6.92 Å². The van der Waals surface area contributed by atoms with Crippen molar-refractivity contribution in [3.8, 4) is 5.75 Å². The van der Waals surface area contributed by atoms with Gasteiger partial charge in [0.2, 0.25) is 0 Å². The highest BCUT2D eigenvalue weighted by Gasteiger charge is 2.12. The summed E-state index contributed by atoms with van der Waals surface area (Å²) < 4.78 is 10.4. The normalized spacial score (nSPS) is 11.9. The summed E-state index contributed by atoms with van der Waals surface area (Å²) >= 11 is 0.